The molecule has 4 atom stereocenters. The highest BCUT2D eigenvalue weighted by molar-refractivity contribution is 6.21. The predicted octanol–water partition coefficient (Wildman–Crippen LogP) is 4.63. The number of amides is 1. The Labute approximate surface area is 258 Å². The van der Waals surface area contributed by atoms with Crippen LogP contribution in [0.15, 0.2) is 51.6 Å². The van der Waals surface area contributed by atoms with Gasteiger partial charge in [0.1, 0.15) is 12.1 Å². The maximum atomic E-state index is 14.3. The van der Waals surface area contributed by atoms with E-state index in [1.54, 1.807) is 38.5 Å². The molecule has 1 saturated carbocycles. The number of hydrogen-bond acceptors (Lipinski definition) is 8. The predicted molar refractivity (Wildman–Crippen MR) is 174 cm³/mol. The van der Waals surface area contributed by atoms with Gasteiger partial charge in [-0.05, 0) is 75.3 Å². The third kappa shape index (κ3) is 7.05. The summed E-state index contributed by atoms with van der Waals surface area (Å²) in [5.74, 6) is -0.0347. The number of aromatic nitrogens is 2. The average molecular weight is 603 g/mol. The summed E-state index contributed by atoms with van der Waals surface area (Å²) in [4.78, 5) is 35.0. The van der Waals surface area contributed by atoms with Gasteiger partial charge in [-0.25, -0.2) is 4.39 Å². The van der Waals surface area contributed by atoms with Crippen LogP contribution < -0.4 is 16.0 Å². The molecule has 1 aromatic carbocycles. The van der Waals surface area contributed by atoms with Crippen molar-refractivity contribution >= 4 is 41.7 Å². The Bertz CT molecular complexity index is 1490. The summed E-state index contributed by atoms with van der Waals surface area (Å²) in [5, 5.41) is 13.6. The number of piperidine rings is 1. The van der Waals surface area contributed by atoms with Crippen LogP contribution in [0.5, 0.6) is 0 Å². The van der Waals surface area contributed by atoms with E-state index in [4.69, 9.17) is 4.99 Å². The third-order valence-electron chi connectivity index (χ3n) is 8.89. The summed E-state index contributed by atoms with van der Waals surface area (Å²) in [7, 11) is 1.73. The molecular formula is C33H43FN8O2. The summed E-state index contributed by atoms with van der Waals surface area (Å²) >= 11 is 0. The van der Waals surface area contributed by atoms with Crippen molar-refractivity contribution < 1.29 is 14.0 Å². The van der Waals surface area contributed by atoms with Crippen molar-refractivity contribution in [1.29, 1.82) is 0 Å². The first-order valence-electron chi connectivity index (χ1n) is 15.5. The Kier molecular flexibility index (Phi) is 10.2. The highest BCUT2D eigenvalue weighted by Crippen LogP contribution is 2.36. The van der Waals surface area contributed by atoms with E-state index in [0.717, 1.165) is 48.2 Å². The Morgan fingerprint density at radius 3 is 2.80 bits per heavy atom. The number of carbonyl (C=O) groups is 2. The minimum Gasteiger partial charge on any atom is -0.388 e. The van der Waals surface area contributed by atoms with E-state index in [0.29, 0.717) is 29.9 Å². The molecule has 4 heterocycles. The van der Waals surface area contributed by atoms with E-state index < -0.39 is 11.7 Å². The molecule has 2 fully saturated rings. The standard InChI is InChI=1S/C25H30FN7O.C8H13NO/c1-5-17-8-22(20-13-31-33-16(3)11-28-14-24(20)33)30-10-15(2)19(12-29-17)25(34)32-23-9-18(27-4)6-7-21(23)26;10-4-3-9-6-7-1-2-8(9)5-7/h6-10,12-13,16-17,27-28H,5,11,14H2,1-4H3,(H,32,34);4,7-8H,1-3,5-6H2/b19-15-,22-8-,29-12?,30-10-;. The van der Waals surface area contributed by atoms with Crippen molar-refractivity contribution in [3.8, 4) is 0 Å². The molecule has 0 radical (unpaired) electrons. The van der Waals surface area contributed by atoms with Gasteiger partial charge in [0.2, 0.25) is 0 Å². The first kappa shape index (κ1) is 31.5. The fourth-order valence-corrected chi connectivity index (χ4v) is 6.35. The number of aldehydes is 1. The van der Waals surface area contributed by atoms with Crippen LogP contribution in [0.2, 0.25) is 0 Å². The normalized spacial score (nSPS) is 28.0. The first-order chi connectivity index (χ1) is 21.3. The van der Waals surface area contributed by atoms with Gasteiger partial charge >= 0.3 is 0 Å². The lowest BCUT2D eigenvalue weighted by Gasteiger charge is -2.23. The second-order valence-corrected chi connectivity index (χ2v) is 11.9. The molecule has 1 amide bonds. The molecule has 2 aromatic rings. The van der Waals surface area contributed by atoms with Gasteiger partial charge in [0.05, 0.1) is 47.5 Å². The molecule has 234 valence electrons. The Morgan fingerprint density at radius 2 is 2.09 bits per heavy atom. The molecule has 2 bridgehead atoms. The summed E-state index contributed by atoms with van der Waals surface area (Å²) in [6.07, 6.45) is 12.9. The fourth-order valence-electron chi connectivity index (χ4n) is 6.35. The van der Waals surface area contributed by atoms with Crippen molar-refractivity contribution in [2.75, 3.05) is 37.3 Å². The van der Waals surface area contributed by atoms with E-state index in [-0.39, 0.29) is 17.8 Å². The summed E-state index contributed by atoms with van der Waals surface area (Å²) < 4.78 is 16.3. The molecule has 0 spiro atoms. The van der Waals surface area contributed by atoms with Crippen molar-refractivity contribution in [1.82, 2.24) is 20.0 Å². The van der Waals surface area contributed by atoms with Crippen molar-refractivity contribution in [3.63, 3.8) is 0 Å². The van der Waals surface area contributed by atoms with Gasteiger partial charge in [-0.15, -0.1) is 0 Å². The molecule has 3 aliphatic heterocycles. The molecule has 44 heavy (non-hydrogen) atoms. The molecule has 1 saturated heterocycles. The fraction of sp³-hybridized carbons (Fsp3) is 0.485. The van der Waals surface area contributed by atoms with Gasteiger partial charge in [0.25, 0.3) is 5.91 Å². The van der Waals surface area contributed by atoms with Crippen LogP contribution in [0.3, 0.4) is 0 Å². The molecule has 1 aromatic heterocycles. The van der Waals surface area contributed by atoms with Crippen LogP contribution in [0.25, 0.3) is 5.70 Å². The zero-order chi connectivity index (χ0) is 31.2. The lowest BCUT2D eigenvalue weighted by Crippen LogP contribution is -2.33. The maximum absolute atomic E-state index is 14.3. The molecule has 3 N–H and O–H groups in total. The van der Waals surface area contributed by atoms with Crippen molar-refractivity contribution in [2.24, 2.45) is 15.9 Å². The molecule has 4 aliphatic rings. The Balaban J connectivity index is 0.000000322. The van der Waals surface area contributed by atoms with Gasteiger partial charge in [-0.1, -0.05) is 6.92 Å². The second-order valence-electron chi connectivity index (χ2n) is 11.9. The summed E-state index contributed by atoms with van der Waals surface area (Å²) in [6, 6.07) is 5.32. The summed E-state index contributed by atoms with van der Waals surface area (Å²) in [6.45, 7) is 9.39. The number of fused-ring (bicyclic) bond motifs is 3. The van der Waals surface area contributed by atoms with Gasteiger partial charge in [0.15, 0.2) is 0 Å². The molecule has 11 heteroatoms. The molecule has 6 rings (SSSR count). The van der Waals surface area contributed by atoms with Gasteiger partial charge in [0, 0.05) is 56.4 Å². The van der Waals surface area contributed by atoms with E-state index in [2.05, 4.69) is 37.9 Å². The number of anilines is 2. The SMILES string of the molecule is CCC1\C=C(c2cnn3c2CNCC3C)/N=C\C(C)=C(/C(=O)Nc2cc(NC)ccc2F)C=N1.O=CCN1CC2CCC1C2. The van der Waals surface area contributed by atoms with Crippen LogP contribution in [0.1, 0.15) is 63.8 Å². The largest absolute Gasteiger partial charge is 0.388 e. The molecule has 1 aliphatic carbocycles. The van der Waals surface area contributed by atoms with Crippen molar-refractivity contribution in [2.45, 2.75) is 71.1 Å². The Morgan fingerprint density at radius 1 is 1.25 bits per heavy atom. The lowest BCUT2D eigenvalue weighted by atomic mass is 10.1. The third-order valence-corrected chi connectivity index (χ3v) is 8.89. The van der Waals surface area contributed by atoms with E-state index in [1.807, 2.05) is 23.9 Å². The topological polar surface area (TPSA) is 116 Å². The van der Waals surface area contributed by atoms with Gasteiger partial charge in [-0.2, -0.15) is 5.10 Å². The van der Waals surface area contributed by atoms with Gasteiger partial charge < -0.3 is 20.7 Å². The number of likely N-dealkylation sites (tertiary alicyclic amines) is 1. The zero-order valence-electron chi connectivity index (χ0n) is 26.0. The smallest absolute Gasteiger partial charge is 0.257 e. The van der Waals surface area contributed by atoms with E-state index in [1.165, 1.54) is 31.9 Å². The number of benzene rings is 1. The van der Waals surface area contributed by atoms with Gasteiger partial charge in [-0.3, -0.25) is 24.4 Å². The minimum atomic E-state index is -0.511. The van der Waals surface area contributed by atoms with E-state index in [9.17, 15) is 14.0 Å². The minimum absolute atomic E-state index is 0.0985. The number of aliphatic imine (C=N–C) groups is 2. The lowest BCUT2D eigenvalue weighted by molar-refractivity contribution is -0.112. The number of rotatable bonds is 7. The first-order valence-corrected chi connectivity index (χ1v) is 15.5. The average Bonchev–Trinajstić information content (AvgIpc) is 3.77. The van der Waals surface area contributed by atoms with Crippen LogP contribution >= 0.6 is 0 Å². The second kappa shape index (κ2) is 14.2. The van der Waals surface area contributed by atoms with Crippen LogP contribution in [0.4, 0.5) is 15.8 Å². The zero-order valence-corrected chi connectivity index (χ0v) is 26.0. The molecule has 10 nitrogen and oxygen atoms in total. The van der Waals surface area contributed by atoms with Crippen molar-refractivity contribution in [3.05, 3.63) is 58.7 Å². The molecular weight excluding hydrogens is 559 g/mol. The monoisotopic (exact) mass is 602 g/mol. The Hall–Kier alpha value is -3.96. The van der Waals surface area contributed by atoms with Crippen LogP contribution in [0, 0.1) is 11.7 Å². The van der Waals surface area contributed by atoms with E-state index >= 15 is 0 Å². The van der Waals surface area contributed by atoms with Crippen LogP contribution in [-0.4, -0.2) is 78.1 Å². The number of nitrogens with zero attached hydrogens (tertiary/aromatic N) is 5. The number of allylic oxidation sites excluding steroid dienone is 1. The number of halogens is 1. The quantitative estimate of drug-likeness (QED) is 0.398. The number of carbonyl (C=O) groups excluding carboxylic acids is 2. The molecule has 4 unspecified atom stereocenters. The highest BCUT2D eigenvalue weighted by Gasteiger charge is 2.37. The highest BCUT2D eigenvalue weighted by atomic mass is 19.1. The number of hydrogen-bond donors (Lipinski definition) is 3. The maximum Gasteiger partial charge on any atom is 0.257 e. The summed E-state index contributed by atoms with van der Waals surface area (Å²) in [5.41, 5.74) is 4.56. The van der Waals surface area contributed by atoms with Crippen LogP contribution in [-0.2, 0) is 16.1 Å². The number of nitrogens with one attached hydrogen (secondary N) is 3.